The van der Waals surface area contributed by atoms with E-state index in [2.05, 4.69) is 47.6 Å². The molecule has 0 saturated heterocycles. The van der Waals surface area contributed by atoms with E-state index in [1.54, 1.807) is 0 Å². The van der Waals surface area contributed by atoms with Gasteiger partial charge in [-0.3, -0.25) is 0 Å². The third kappa shape index (κ3) is 13.5. The fourth-order valence-corrected chi connectivity index (χ4v) is 23.2. The van der Waals surface area contributed by atoms with Crippen LogP contribution >= 0.6 is 0 Å². The Morgan fingerprint density at radius 3 is 0.793 bits per heavy atom. The number of unbranched alkanes of at least 4 members (excludes halogenated alkanes) is 6. The van der Waals surface area contributed by atoms with Gasteiger partial charge in [0.15, 0.2) is 0 Å². The van der Waals surface area contributed by atoms with E-state index in [4.69, 9.17) is 7.90 Å². The van der Waals surface area contributed by atoms with Crippen LogP contribution in [-0.4, -0.2) is 33.0 Å². The van der Waals surface area contributed by atoms with Gasteiger partial charge >= 0.3 is 191 Å². The molecule has 172 valence electrons. The monoisotopic (exact) mass is 530 g/mol. The summed E-state index contributed by atoms with van der Waals surface area (Å²) in [5.41, 5.74) is 0. The SMILES string of the molecule is CCC[CH2][Ge]([CH2]CCC)([CH2]CCC)[N]=C=[N][Ge]([CH2]CCC)([CH2]CCC)[CH2]CCC. The summed E-state index contributed by atoms with van der Waals surface area (Å²) < 4.78 is 10.8. The summed E-state index contributed by atoms with van der Waals surface area (Å²) in [5, 5.41) is 8.49. The summed E-state index contributed by atoms with van der Waals surface area (Å²) in [6.07, 6.45) is 16.1. The molecule has 0 amide bonds. The molecule has 2 nitrogen and oxygen atoms in total. The van der Waals surface area contributed by atoms with Crippen LogP contribution < -0.4 is 0 Å². The molecule has 0 spiro atoms. The zero-order valence-corrected chi connectivity index (χ0v) is 25.3. The molecule has 0 atom stereocenters. The van der Waals surface area contributed by atoms with Crippen molar-refractivity contribution in [1.82, 2.24) is 0 Å². The van der Waals surface area contributed by atoms with E-state index in [0.29, 0.717) is 0 Å². The van der Waals surface area contributed by atoms with Crippen LogP contribution in [0.4, 0.5) is 0 Å². The summed E-state index contributed by atoms with van der Waals surface area (Å²) in [5.74, 6) is 0. The molecule has 0 aromatic heterocycles. The molecule has 0 rings (SSSR count). The first-order valence-corrected chi connectivity index (χ1v) is 24.0. The van der Waals surface area contributed by atoms with Crippen molar-refractivity contribution in [1.29, 1.82) is 0 Å². The first-order chi connectivity index (χ1) is 14.1. The molecule has 0 bridgehead atoms. The Bertz CT molecular complexity index is 351. The Labute approximate surface area is 190 Å². The average molecular weight is 528 g/mol. The zero-order chi connectivity index (χ0) is 21.8. The van der Waals surface area contributed by atoms with Crippen LogP contribution in [0.5, 0.6) is 0 Å². The second-order valence-corrected chi connectivity index (χ2v) is 26.9. The first-order valence-electron chi connectivity index (χ1n) is 13.3. The van der Waals surface area contributed by atoms with Crippen molar-refractivity contribution in [3.05, 3.63) is 0 Å². The van der Waals surface area contributed by atoms with Crippen LogP contribution in [-0.2, 0) is 0 Å². The van der Waals surface area contributed by atoms with E-state index in [0.717, 1.165) is 0 Å². The molecule has 0 fully saturated rings. The topological polar surface area (TPSA) is 24.7 Å². The second kappa shape index (κ2) is 19.2. The van der Waals surface area contributed by atoms with Gasteiger partial charge in [0.1, 0.15) is 0 Å². The van der Waals surface area contributed by atoms with Crippen LogP contribution in [0.15, 0.2) is 7.90 Å². The van der Waals surface area contributed by atoms with E-state index >= 15 is 0 Å². The summed E-state index contributed by atoms with van der Waals surface area (Å²) in [4.78, 5) is 0. The van der Waals surface area contributed by atoms with Crippen molar-refractivity contribution in [2.75, 3.05) is 0 Å². The summed E-state index contributed by atoms with van der Waals surface area (Å²) in [6.45, 7) is 14.0. The van der Waals surface area contributed by atoms with Crippen molar-refractivity contribution in [3.63, 3.8) is 0 Å². The molecule has 0 radical (unpaired) electrons. The third-order valence-electron chi connectivity index (χ3n) is 6.55. The van der Waals surface area contributed by atoms with Gasteiger partial charge in [0, 0.05) is 0 Å². The maximum absolute atomic E-state index is 5.39. The molecule has 0 unspecified atom stereocenters. The molecule has 0 aliphatic heterocycles. The fraction of sp³-hybridized carbons (Fsp3) is 0.960. The van der Waals surface area contributed by atoms with Gasteiger partial charge in [-0.25, -0.2) is 0 Å². The van der Waals surface area contributed by atoms with Gasteiger partial charge < -0.3 is 0 Å². The Hall–Kier alpha value is 0.466. The van der Waals surface area contributed by atoms with Gasteiger partial charge in [-0.1, -0.05) is 0 Å². The van der Waals surface area contributed by atoms with Crippen molar-refractivity contribution in [2.24, 2.45) is 7.90 Å². The van der Waals surface area contributed by atoms with Gasteiger partial charge in [0.2, 0.25) is 0 Å². The third-order valence-corrected chi connectivity index (χ3v) is 25.1. The fourth-order valence-electron chi connectivity index (χ4n) is 4.36. The molecular weight excluding hydrogens is 474 g/mol. The Balaban J connectivity index is 5.79. The average Bonchev–Trinajstić information content (AvgIpc) is 2.75. The van der Waals surface area contributed by atoms with Gasteiger partial charge in [-0.15, -0.1) is 0 Å². The minimum atomic E-state index is -2.20. The normalized spacial score (nSPS) is 12.1. The van der Waals surface area contributed by atoms with Crippen molar-refractivity contribution in [3.8, 4) is 0 Å². The molecule has 0 aliphatic carbocycles. The van der Waals surface area contributed by atoms with Crippen LogP contribution in [0.2, 0.25) is 31.5 Å². The van der Waals surface area contributed by atoms with E-state index in [1.807, 2.05) is 0 Å². The molecule has 0 heterocycles. The van der Waals surface area contributed by atoms with E-state index in [-0.39, 0.29) is 0 Å². The standard InChI is InChI=1S/C25H54Ge2N2/c1-7-13-19-26(20-14-8-2,21-15-9-3)28-25-29-27(22-16-10-4,23-17-11-5)24-18-12-6/h7-24H2,1-6H3. The predicted molar refractivity (Wildman–Crippen MR) is 140 cm³/mol. The Kier molecular flexibility index (Phi) is 19.5. The minimum absolute atomic E-state index is 1.31. The molecule has 0 aromatic rings. The predicted octanol–water partition coefficient (Wildman–Crippen LogP) is 9.85. The molecule has 0 aromatic carbocycles. The Morgan fingerprint density at radius 2 is 0.621 bits per heavy atom. The summed E-state index contributed by atoms with van der Waals surface area (Å²) >= 11 is -4.40. The van der Waals surface area contributed by atoms with E-state index in [1.165, 1.54) is 109 Å². The van der Waals surface area contributed by atoms with E-state index < -0.39 is 27.0 Å². The number of nitrogens with zero attached hydrogens (tertiary/aromatic N) is 2. The van der Waals surface area contributed by atoms with Gasteiger partial charge in [-0.2, -0.15) is 0 Å². The van der Waals surface area contributed by atoms with Gasteiger partial charge in [0.05, 0.1) is 0 Å². The summed E-state index contributed by atoms with van der Waals surface area (Å²) in [6, 6.07) is 3.54. The van der Waals surface area contributed by atoms with Crippen molar-refractivity contribution >= 4 is 33.0 Å². The number of hydrogen-bond donors (Lipinski definition) is 0. The quantitative estimate of drug-likeness (QED) is 0.111. The van der Waals surface area contributed by atoms with Crippen LogP contribution in [0, 0.1) is 0 Å². The molecule has 0 aliphatic rings. The maximum atomic E-state index is 5.39. The molecule has 0 saturated carbocycles. The Morgan fingerprint density at radius 1 is 0.414 bits per heavy atom. The van der Waals surface area contributed by atoms with Crippen LogP contribution in [0.1, 0.15) is 119 Å². The van der Waals surface area contributed by atoms with Crippen molar-refractivity contribution < 1.29 is 0 Å². The second-order valence-electron chi connectivity index (χ2n) is 9.39. The molecule has 0 N–H and O–H groups in total. The zero-order valence-electron chi connectivity index (χ0n) is 21.1. The number of rotatable bonds is 20. The molecule has 29 heavy (non-hydrogen) atoms. The summed E-state index contributed by atoms with van der Waals surface area (Å²) in [7, 11) is 0. The van der Waals surface area contributed by atoms with Crippen LogP contribution in [0.3, 0.4) is 0 Å². The molecule has 4 heteroatoms. The molecular formula is C25H54Ge2N2. The van der Waals surface area contributed by atoms with Crippen molar-refractivity contribution in [2.45, 2.75) is 150 Å². The number of hydrogen-bond acceptors (Lipinski definition) is 2. The van der Waals surface area contributed by atoms with E-state index in [9.17, 15) is 0 Å². The van der Waals surface area contributed by atoms with Gasteiger partial charge in [-0.05, 0) is 0 Å². The van der Waals surface area contributed by atoms with Crippen LogP contribution in [0.25, 0.3) is 0 Å². The first kappa shape index (κ1) is 29.5. The van der Waals surface area contributed by atoms with Gasteiger partial charge in [0.25, 0.3) is 0 Å².